The average Bonchev–Trinajstić information content (AvgIpc) is 2.11. The molecule has 0 radical (unpaired) electrons. The molecule has 0 aliphatic rings. The molecule has 0 saturated carbocycles. The van der Waals surface area contributed by atoms with Gasteiger partial charge in [-0.3, -0.25) is 0 Å². The van der Waals surface area contributed by atoms with Gasteiger partial charge in [0, 0.05) is 0 Å². The second kappa shape index (κ2) is 4.82. The quantitative estimate of drug-likeness (QED) is 0.448. The maximum absolute atomic E-state index is 10.3. The summed E-state index contributed by atoms with van der Waals surface area (Å²) in [7, 11) is 0. The van der Waals surface area contributed by atoms with Gasteiger partial charge in [-0.2, -0.15) is 4.99 Å². The monoisotopic (exact) mass is 235 g/mol. The Labute approximate surface area is 97.4 Å². The molecule has 0 saturated heterocycles. The van der Waals surface area contributed by atoms with E-state index in [4.69, 9.17) is 0 Å². The Morgan fingerprint density at radius 3 is 2.44 bits per heavy atom. The molecule has 0 spiro atoms. The lowest BCUT2D eigenvalue weighted by molar-refractivity contribution is 0.565. The SMILES string of the molecule is C=P(C)(C)Cc1cc(N=C=O)c(C)cc1C. The van der Waals surface area contributed by atoms with Crippen LogP contribution in [0.1, 0.15) is 16.7 Å². The van der Waals surface area contributed by atoms with Crippen molar-refractivity contribution in [3.05, 3.63) is 28.8 Å². The van der Waals surface area contributed by atoms with E-state index in [0.29, 0.717) is 0 Å². The van der Waals surface area contributed by atoms with Crippen molar-refractivity contribution in [2.45, 2.75) is 20.0 Å². The second-order valence-corrected chi connectivity index (χ2v) is 9.05. The summed E-state index contributed by atoms with van der Waals surface area (Å²) in [5.41, 5.74) is 4.24. The molecule has 1 aromatic carbocycles. The van der Waals surface area contributed by atoms with Gasteiger partial charge in [-0.25, -0.2) is 4.79 Å². The molecule has 0 unspecified atom stereocenters. The zero-order valence-corrected chi connectivity index (χ0v) is 11.3. The summed E-state index contributed by atoms with van der Waals surface area (Å²) >= 11 is 0. The van der Waals surface area contributed by atoms with Crippen LogP contribution in [0.5, 0.6) is 0 Å². The van der Waals surface area contributed by atoms with Gasteiger partial charge >= 0.3 is 0 Å². The molecule has 0 aliphatic heterocycles. The maximum atomic E-state index is 10.3. The number of hydrogen-bond acceptors (Lipinski definition) is 2. The third-order valence-electron chi connectivity index (χ3n) is 2.42. The van der Waals surface area contributed by atoms with Crippen LogP contribution in [0.15, 0.2) is 17.1 Å². The molecule has 0 heterocycles. The van der Waals surface area contributed by atoms with E-state index in [1.54, 1.807) is 6.08 Å². The normalized spacial score (nSPS) is 11.0. The highest BCUT2D eigenvalue weighted by atomic mass is 31.2. The van der Waals surface area contributed by atoms with Gasteiger partial charge in [0.15, 0.2) is 0 Å². The molecular weight excluding hydrogens is 217 g/mol. The van der Waals surface area contributed by atoms with Crippen molar-refractivity contribution < 1.29 is 4.79 Å². The van der Waals surface area contributed by atoms with Crippen molar-refractivity contribution >= 4 is 25.0 Å². The first-order valence-corrected chi connectivity index (χ1v) is 8.24. The molecule has 0 aliphatic carbocycles. The first-order valence-electron chi connectivity index (χ1n) is 5.19. The lowest BCUT2D eigenvalue weighted by Gasteiger charge is -2.15. The highest BCUT2D eigenvalue weighted by Gasteiger charge is 2.08. The van der Waals surface area contributed by atoms with Crippen LogP contribution in [0, 0.1) is 13.8 Å². The smallest absolute Gasteiger partial charge is 0.211 e. The van der Waals surface area contributed by atoms with Gasteiger partial charge in [0.05, 0.1) is 5.69 Å². The van der Waals surface area contributed by atoms with Crippen molar-refractivity contribution in [1.82, 2.24) is 0 Å². The molecule has 0 fully saturated rings. The number of rotatable bonds is 3. The van der Waals surface area contributed by atoms with E-state index in [1.807, 2.05) is 13.0 Å². The summed E-state index contributed by atoms with van der Waals surface area (Å²) in [6.07, 6.45) is 6.80. The molecule has 1 rings (SSSR count). The minimum absolute atomic E-state index is 0.726. The topological polar surface area (TPSA) is 29.4 Å². The van der Waals surface area contributed by atoms with E-state index in [9.17, 15) is 4.79 Å². The van der Waals surface area contributed by atoms with Crippen LogP contribution < -0.4 is 0 Å². The number of nitrogens with zero attached hydrogens (tertiary/aromatic N) is 1. The number of hydrogen-bond donors (Lipinski definition) is 0. The number of carbonyl (C=O) groups excluding carboxylic acids is 1. The van der Waals surface area contributed by atoms with Crippen LogP contribution >= 0.6 is 6.89 Å². The molecule has 0 aromatic heterocycles. The fraction of sp³-hybridized carbons (Fsp3) is 0.385. The number of isocyanates is 1. The third kappa shape index (κ3) is 3.48. The summed E-state index contributed by atoms with van der Waals surface area (Å²) in [5, 5.41) is 0. The lowest BCUT2D eigenvalue weighted by atomic mass is 10.1. The largest absolute Gasteiger partial charge is 0.240 e. The number of aliphatic imine (C=N–C) groups is 1. The van der Waals surface area contributed by atoms with Crippen LogP contribution in [-0.2, 0) is 11.0 Å². The summed E-state index contributed by atoms with van der Waals surface area (Å²) in [4.78, 5) is 14.0. The van der Waals surface area contributed by atoms with Crippen molar-refractivity contribution in [2.75, 3.05) is 13.3 Å². The first kappa shape index (κ1) is 13.0. The summed E-state index contributed by atoms with van der Waals surface area (Å²) in [5.74, 6) is 0. The predicted molar refractivity (Wildman–Crippen MR) is 73.3 cm³/mol. The molecule has 86 valence electrons. The summed E-state index contributed by atoms with van der Waals surface area (Å²) in [6.45, 7) is 7.34. The van der Waals surface area contributed by atoms with Crippen LogP contribution in [0.3, 0.4) is 0 Å². The molecule has 3 heteroatoms. The van der Waals surface area contributed by atoms with Gasteiger partial charge in [-0.15, -0.1) is 13.2 Å². The molecule has 0 atom stereocenters. The van der Waals surface area contributed by atoms with Crippen LogP contribution in [0.25, 0.3) is 0 Å². The fourth-order valence-corrected chi connectivity index (χ4v) is 2.95. The molecule has 0 N–H and O–H groups in total. The summed E-state index contributed by atoms with van der Waals surface area (Å²) < 4.78 is 0. The lowest BCUT2D eigenvalue weighted by Crippen LogP contribution is -1.92. The maximum Gasteiger partial charge on any atom is 0.240 e. The van der Waals surface area contributed by atoms with Crippen molar-refractivity contribution in [3.8, 4) is 0 Å². The minimum Gasteiger partial charge on any atom is -0.211 e. The van der Waals surface area contributed by atoms with Gasteiger partial charge in [-0.1, -0.05) is 6.07 Å². The Morgan fingerprint density at radius 1 is 1.31 bits per heavy atom. The molecule has 1 aromatic rings. The van der Waals surface area contributed by atoms with Crippen LogP contribution in [0.2, 0.25) is 0 Å². The van der Waals surface area contributed by atoms with Gasteiger partial charge in [-0.05, 0) is 56.1 Å². The van der Waals surface area contributed by atoms with E-state index in [0.717, 1.165) is 17.4 Å². The van der Waals surface area contributed by atoms with Gasteiger partial charge < -0.3 is 0 Å². The fourth-order valence-electron chi connectivity index (χ4n) is 1.69. The van der Waals surface area contributed by atoms with Gasteiger partial charge in [0.2, 0.25) is 6.08 Å². The number of benzene rings is 1. The van der Waals surface area contributed by atoms with Crippen molar-refractivity contribution in [1.29, 1.82) is 0 Å². The van der Waals surface area contributed by atoms with E-state index in [1.165, 1.54) is 11.1 Å². The Bertz CT molecular complexity index is 493. The Morgan fingerprint density at radius 2 is 1.94 bits per heavy atom. The Kier molecular flexibility index (Phi) is 3.91. The van der Waals surface area contributed by atoms with E-state index in [-0.39, 0.29) is 0 Å². The zero-order chi connectivity index (χ0) is 12.3. The molecular formula is C13H18NOP. The molecule has 0 amide bonds. The predicted octanol–water partition coefficient (Wildman–Crippen LogP) is 3.48. The highest BCUT2D eigenvalue weighted by molar-refractivity contribution is 7.71. The Balaban J connectivity index is 3.25. The molecule has 2 nitrogen and oxygen atoms in total. The minimum atomic E-state index is -1.11. The first-order chi connectivity index (χ1) is 7.33. The van der Waals surface area contributed by atoms with E-state index >= 15 is 0 Å². The number of aryl methyl sites for hydroxylation is 2. The Hall–Kier alpha value is -1.10. The standard InChI is InChI=1S/C13H18NOP/c1-10-6-11(2)13(14-9-15)7-12(10)8-16(3,4)5/h6-7H,3,8H2,1-2,4-5H3. The summed E-state index contributed by atoms with van der Waals surface area (Å²) in [6, 6.07) is 4.06. The molecule has 16 heavy (non-hydrogen) atoms. The highest BCUT2D eigenvalue weighted by Crippen LogP contribution is 2.41. The van der Waals surface area contributed by atoms with Gasteiger partial charge in [0.1, 0.15) is 0 Å². The second-order valence-electron chi connectivity index (χ2n) is 4.86. The average molecular weight is 235 g/mol. The van der Waals surface area contributed by atoms with E-state index in [2.05, 4.69) is 37.6 Å². The third-order valence-corrected chi connectivity index (χ3v) is 3.62. The zero-order valence-electron chi connectivity index (χ0n) is 10.4. The van der Waals surface area contributed by atoms with Crippen molar-refractivity contribution in [2.24, 2.45) is 4.99 Å². The van der Waals surface area contributed by atoms with E-state index < -0.39 is 6.89 Å². The van der Waals surface area contributed by atoms with Crippen LogP contribution in [0.4, 0.5) is 5.69 Å². The van der Waals surface area contributed by atoms with Crippen LogP contribution in [-0.4, -0.2) is 25.7 Å². The van der Waals surface area contributed by atoms with Crippen molar-refractivity contribution in [3.63, 3.8) is 0 Å². The molecule has 0 bridgehead atoms. The van der Waals surface area contributed by atoms with Gasteiger partial charge in [0.25, 0.3) is 0 Å².